The van der Waals surface area contributed by atoms with Crippen molar-refractivity contribution in [2.45, 2.75) is 6.54 Å². The first-order valence-corrected chi connectivity index (χ1v) is 7.35. The number of ether oxygens (including phenoxy) is 1. The SMILES string of the molecule is N#Cc1cc(Cl)cc(Oc2c(Cl)ccc3c2nnn3CC(=O)O)c1. The summed E-state index contributed by atoms with van der Waals surface area (Å²) in [7, 11) is 0. The average molecular weight is 363 g/mol. The summed E-state index contributed by atoms with van der Waals surface area (Å²) in [6, 6.07) is 9.66. The van der Waals surface area contributed by atoms with Crippen molar-refractivity contribution in [2.24, 2.45) is 0 Å². The highest BCUT2D eigenvalue weighted by atomic mass is 35.5. The van der Waals surface area contributed by atoms with Gasteiger partial charge in [0.05, 0.1) is 22.2 Å². The lowest BCUT2D eigenvalue weighted by atomic mass is 10.2. The standard InChI is InChI=1S/C15H8Cl2N4O3/c16-9-3-8(6-18)4-10(5-9)24-15-11(17)1-2-12-14(15)19-20-21(12)7-13(22)23/h1-5H,7H2,(H,22,23). The van der Waals surface area contributed by atoms with Crippen LogP contribution in [0.4, 0.5) is 0 Å². The first-order chi connectivity index (χ1) is 11.5. The molecule has 0 fully saturated rings. The molecule has 1 heterocycles. The van der Waals surface area contributed by atoms with E-state index in [4.69, 9.17) is 38.3 Å². The molecule has 1 aromatic heterocycles. The molecule has 120 valence electrons. The number of rotatable bonds is 4. The predicted octanol–water partition coefficient (Wildman–Crippen LogP) is 3.49. The van der Waals surface area contributed by atoms with Gasteiger partial charge in [0, 0.05) is 5.02 Å². The molecule has 3 rings (SSSR count). The molecule has 0 radical (unpaired) electrons. The molecule has 0 aliphatic heterocycles. The molecule has 0 saturated heterocycles. The van der Waals surface area contributed by atoms with Crippen molar-refractivity contribution in [2.75, 3.05) is 0 Å². The lowest BCUT2D eigenvalue weighted by molar-refractivity contribution is -0.137. The van der Waals surface area contributed by atoms with Gasteiger partial charge in [-0.15, -0.1) is 5.10 Å². The maximum atomic E-state index is 10.9. The van der Waals surface area contributed by atoms with Gasteiger partial charge in [-0.05, 0) is 30.3 Å². The molecule has 2 aromatic carbocycles. The normalized spacial score (nSPS) is 10.5. The fourth-order valence-corrected chi connectivity index (χ4v) is 2.55. The van der Waals surface area contributed by atoms with Crippen molar-refractivity contribution in [1.29, 1.82) is 5.26 Å². The van der Waals surface area contributed by atoms with Gasteiger partial charge in [-0.1, -0.05) is 28.4 Å². The van der Waals surface area contributed by atoms with Crippen LogP contribution in [0.3, 0.4) is 0 Å². The molecule has 0 unspecified atom stereocenters. The number of hydrogen-bond acceptors (Lipinski definition) is 5. The summed E-state index contributed by atoms with van der Waals surface area (Å²) in [6.07, 6.45) is 0. The average Bonchev–Trinajstić information content (AvgIpc) is 2.92. The highest BCUT2D eigenvalue weighted by molar-refractivity contribution is 6.33. The van der Waals surface area contributed by atoms with Crippen LogP contribution in [-0.4, -0.2) is 26.1 Å². The number of fused-ring (bicyclic) bond motifs is 1. The number of carbonyl (C=O) groups is 1. The minimum Gasteiger partial charge on any atom is -0.480 e. The topological polar surface area (TPSA) is 101 Å². The summed E-state index contributed by atoms with van der Waals surface area (Å²) in [5.74, 6) is -0.536. The fourth-order valence-electron chi connectivity index (χ4n) is 2.13. The number of nitrogens with zero attached hydrogens (tertiary/aromatic N) is 4. The molecule has 9 heteroatoms. The predicted molar refractivity (Wildman–Crippen MR) is 86.4 cm³/mol. The number of nitriles is 1. The number of aromatic nitrogens is 3. The van der Waals surface area contributed by atoms with E-state index >= 15 is 0 Å². The molecule has 0 aliphatic rings. The van der Waals surface area contributed by atoms with E-state index in [0.717, 1.165) is 0 Å². The Morgan fingerprint density at radius 2 is 2.12 bits per heavy atom. The van der Waals surface area contributed by atoms with Crippen LogP contribution in [-0.2, 0) is 11.3 Å². The Labute approximate surface area is 145 Å². The number of carboxylic acids is 1. The Balaban J connectivity index is 2.08. The maximum Gasteiger partial charge on any atom is 0.325 e. The van der Waals surface area contributed by atoms with Gasteiger partial charge in [-0.3, -0.25) is 4.79 Å². The van der Waals surface area contributed by atoms with E-state index in [0.29, 0.717) is 27.4 Å². The Morgan fingerprint density at radius 1 is 1.33 bits per heavy atom. The van der Waals surface area contributed by atoms with Crippen LogP contribution < -0.4 is 4.74 Å². The van der Waals surface area contributed by atoms with Crippen LogP contribution in [0, 0.1) is 11.3 Å². The molecule has 1 N–H and O–H groups in total. The molecule has 0 aliphatic carbocycles. The third-order valence-corrected chi connectivity index (χ3v) is 3.61. The van der Waals surface area contributed by atoms with E-state index in [1.165, 1.54) is 22.9 Å². The second-order valence-electron chi connectivity index (χ2n) is 4.77. The van der Waals surface area contributed by atoms with Crippen LogP contribution in [0.2, 0.25) is 10.0 Å². The van der Waals surface area contributed by atoms with Crippen molar-refractivity contribution < 1.29 is 14.6 Å². The zero-order valence-electron chi connectivity index (χ0n) is 11.9. The highest BCUT2D eigenvalue weighted by Crippen LogP contribution is 2.36. The van der Waals surface area contributed by atoms with Gasteiger partial charge in [0.25, 0.3) is 0 Å². The summed E-state index contributed by atoms with van der Waals surface area (Å²) in [5.41, 5.74) is 1.09. The summed E-state index contributed by atoms with van der Waals surface area (Å²) < 4.78 is 6.96. The molecule has 0 atom stereocenters. The van der Waals surface area contributed by atoms with Gasteiger partial charge in [0.1, 0.15) is 12.3 Å². The third-order valence-electron chi connectivity index (χ3n) is 3.10. The van der Waals surface area contributed by atoms with Crippen molar-refractivity contribution in [1.82, 2.24) is 15.0 Å². The van der Waals surface area contributed by atoms with Crippen molar-refractivity contribution in [3.8, 4) is 17.6 Å². The second-order valence-corrected chi connectivity index (χ2v) is 5.62. The van der Waals surface area contributed by atoms with Crippen molar-refractivity contribution in [3.63, 3.8) is 0 Å². The zero-order valence-corrected chi connectivity index (χ0v) is 13.4. The molecule has 0 amide bonds. The van der Waals surface area contributed by atoms with Crippen LogP contribution in [0.15, 0.2) is 30.3 Å². The molecule has 0 saturated carbocycles. The molecule has 3 aromatic rings. The zero-order chi connectivity index (χ0) is 17.3. The fraction of sp³-hybridized carbons (Fsp3) is 0.0667. The third kappa shape index (κ3) is 3.11. The minimum absolute atomic E-state index is 0.206. The van der Waals surface area contributed by atoms with E-state index < -0.39 is 5.97 Å². The molecular formula is C15H8Cl2N4O3. The molecular weight excluding hydrogens is 355 g/mol. The highest BCUT2D eigenvalue weighted by Gasteiger charge is 2.16. The van der Waals surface area contributed by atoms with E-state index in [2.05, 4.69) is 10.3 Å². The van der Waals surface area contributed by atoms with E-state index in [1.54, 1.807) is 12.1 Å². The van der Waals surface area contributed by atoms with Gasteiger partial charge in [0.2, 0.25) is 0 Å². The number of aliphatic carboxylic acids is 1. The molecule has 7 nitrogen and oxygen atoms in total. The summed E-state index contributed by atoms with van der Waals surface area (Å²) in [4.78, 5) is 10.9. The molecule has 0 spiro atoms. The van der Waals surface area contributed by atoms with Gasteiger partial charge >= 0.3 is 5.97 Å². The second kappa shape index (κ2) is 6.35. The summed E-state index contributed by atoms with van der Waals surface area (Å²) in [5, 5.41) is 26.2. The lowest BCUT2D eigenvalue weighted by Crippen LogP contribution is -2.09. The summed E-state index contributed by atoms with van der Waals surface area (Å²) >= 11 is 12.1. The molecule has 0 bridgehead atoms. The largest absolute Gasteiger partial charge is 0.480 e. The first kappa shape index (κ1) is 16.1. The smallest absolute Gasteiger partial charge is 0.325 e. The van der Waals surface area contributed by atoms with E-state index in [9.17, 15) is 4.79 Å². The number of benzene rings is 2. The maximum absolute atomic E-state index is 10.9. The minimum atomic E-state index is -1.05. The van der Waals surface area contributed by atoms with Crippen molar-refractivity contribution in [3.05, 3.63) is 45.9 Å². The monoisotopic (exact) mass is 362 g/mol. The van der Waals surface area contributed by atoms with Gasteiger partial charge in [-0.25, -0.2) is 4.68 Å². The van der Waals surface area contributed by atoms with Crippen LogP contribution >= 0.6 is 23.2 Å². The number of halogens is 2. The van der Waals surface area contributed by atoms with Gasteiger partial charge in [0.15, 0.2) is 11.3 Å². The van der Waals surface area contributed by atoms with Crippen molar-refractivity contribution >= 4 is 40.2 Å². The Kier molecular flexibility index (Phi) is 4.25. The Hall–Kier alpha value is -2.82. The lowest BCUT2D eigenvalue weighted by Gasteiger charge is -2.09. The van der Waals surface area contributed by atoms with Crippen LogP contribution in [0.1, 0.15) is 5.56 Å². The van der Waals surface area contributed by atoms with E-state index in [1.807, 2.05) is 6.07 Å². The van der Waals surface area contributed by atoms with Gasteiger partial charge < -0.3 is 9.84 Å². The number of hydrogen-bond donors (Lipinski definition) is 1. The van der Waals surface area contributed by atoms with Crippen LogP contribution in [0.5, 0.6) is 11.5 Å². The van der Waals surface area contributed by atoms with E-state index in [-0.39, 0.29) is 17.3 Å². The van der Waals surface area contributed by atoms with Gasteiger partial charge in [-0.2, -0.15) is 5.26 Å². The van der Waals surface area contributed by atoms with Crippen LogP contribution in [0.25, 0.3) is 11.0 Å². The Bertz CT molecular complexity index is 994. The Morgan fingerprint density at radius 3 is 2.83 bits per heavy atom. The molecule has 24 heavy (non-hydrogen) atoms. The first-order valence-electron chi connectivity index (χ1n) is 6.60. The number of carboxylic acid groups (broad SMARTS) is 1. The summed E-state index contributed by atoms with van der Waals surface area (Å²) in [6.45, 7) is -0.340. The quantitative estimate of drug-likeness (QED) is 0.762.